The molecule has 7 nitrogen and oxygen atoms in total. The van der Waals surface area contributed by atoms with E-state index in [2.05, 4.69) is 10.1 Å². The Morgan fingerprint density at radius 2 is 1.64 bits per heavy atom. The normalized spacial score (nSPS) is 11.8. The minimum atomic E-state index is -4.52. The Labute approximate surface area is 202 Å². The van der Waals surface area contributed by atoms with Crippen molar-refractivity contribution < 1.29 is 17.7 Å². The summed E-state index contributed by atoms with van der Waals surface area (Å²) in [7, 11) is 0. The fourth-order valence-electron chi connectivity index (χ4n) is 4.19. The molecule has 36 heavy (non-hydrogen) atoms. The number of benzene rings is 3. The molecule has 10 heteroatoms. The molecule has 182 valence electrons. The molecule has 2 heterocycles. The Hall–Kier alpha value is -4.47. The van der Waals surface area contributed by atoms with Crippen LogP contribution in [0.5, 0.6) is 0 Å². The molecule has 3 aromatic carbocycles. The largest absolute Gasteiger partial charge is 0.416 e. The lowest BCUT2D eigenvalue weighted by Gasteiger charge is -2.13. The van der Waals surface area contributed by atoms with Crippen molar-refractivity contribution in [2.45, 2.75) is 26.6 Å². The molecule has 0 spiro atoms. The average molecular weight is 492 g/mol. The summed E-state index contributed by atoms with van der Waals surface area (Å²) in [5.41, 5.74) is 0.780. The van der Waals surface area contributed by atoms with E-state index in [4.69, 9.17) is 4.52 Å². The van der Waals surface area contributed by atoms with Gasteiger partial charge in [-0.1, -0.05) is 35.5 Å². The highest BCUT2D eigenvalue weighted by molar-refractivity contribution is 5.78. The lowest BCUT2D eigenvalue weighted by molar-refractivity contribution is -0.137. The van der Waals surface area contributed by atoms with Crippen LogP contribution in [-0.2, 0) is 12.7 Å². The molecule has 0 radical (unpaired) electrons. The van der Waals surface area contributed by atoms with E-state index >= 15 is 0 Å². The van der Waals surface area contributed by atoms with Crippen molar-refractivity contribution in [2.24, 2.45) is 0 Å². The molecule has 2 aromatic heterocycles. The summed E-state index contributed by atoms with van der Waals surface area (Å²) in [6.07, 6.45) is -4.52. The predicted molar refractivity (Wildman–Crippen MR) is 127 cm³/mol. The van der Waals surface area contributed by atoms with Gasteiger partial charge >= 0.3 is 11.9 Å². The first-order valence-electron chi connectivity index (χ1n) is 11.0. The van der Waals surface area contributed by atoms with E-state index in [1.807, 2.05) is 19.9 Å². The lowest BCUT2D eigenvalue weighted by atomic mass is 10.1. The van der Waals surface area contributed by atoms with Gasteiger partial charge in [0.05, 0.1) is 22.2 Å². The van der Waals surface area contributed by atoms with Gasteiger partial charge in [-0.2, -0.15) is 18.2 Å². The van der Waals surface area contributed by atoms with Crippen LogP contribution in [0.2, 0.25) is 0 Å². The number of para-hydroxylation sites is 1. The number of fused-ring (bicyclic) bond motifs is 1. The Morgan fingerprint density at radius 3 is 2.36 bits per heavy atom. The maximum Gasteiger partial charge on any atom is 0.416 e. The van der Waals surface area contributed by atoms with E-state index in [-0.39, 0.29) is 23.8 Å². The third-order valence-electron chi connectivity index (χ3n) is 5.72. The fourth-order valence-corrected chi connectivity index (χ4v) is 4.19. The molecule has 0 aliphatic carbocycles. The van der Waals surface area contributed by atoms with Crippen LogP contribution in [0.4, 0.5) is 13.2 Å². The number of rotatable bonds is 4. The molecule has 5 rings (SSSR count). The van der Waals surface area contributed by atoms with Gasteiger partial charge in [0.1, 0.15) is 6.54 Å². The SMILES string of the molecule is Cc1cc(C)cc(-n2c(=O)c3ccccc3n(Cc3nc(-c4cccc(C(F)(F)F)c4)no3)c2=O)c1. The molecule has 5 aromatic rings. The number of alkyl halides is 3. The Kier molecular flexibility index (Phi) is 5.58. The van der Waals surface area contributed by atoms with Crippen LogP contribution in [0.1, 0.15) is 22.6 Å². The van der Waals surface area contributed by atoms with Gasteiger partial charge in [-0.05, 0) is 61.4 Å². The van der Waals surface area contributed by atoms with Gasteiger partial charge < -0.3 is 4.52 Å². The van der Waals surface area contributed by atoms with Crippen molar-refractivity contribution in [2.75, 3.05) is 0 Å². The van der Waals surface area contributed by atoms with E-state index in [1.165, 1.54) is 16.7 Å². The van der Waals surface area contributed by atoms with Crippen LogP contribution < -0.4 is 11.2 Å². The van der Waals surface area contributed by atoms with Crippen molar-refractivity contribution in [3.63, 3.8) is 0 Å². The van der Waals surface area contributed by atoms with Crippen LogP contribution in [0.15, 0.2) is 80.8 Å². The maximum absolute atomic E-state index is 13.6. The van der Waals surface area contributed by atoms with Gasteiger partial charge in [-0.25, -0.2) is 9.36 Å². The van der Waals surface area contributed by atoms with Crippen LogP contribution in [0.3, 0.4) is 0 Å². The molecule has 0 fully saturated rings. The Balaban J connectivity index is 1.63. The molecule has 0 bridgehead atoms. The number of hydrogen-bond donors (Lipinski definition) is 0. The molecular weight excluding hydrogens is 473 g/mol. The van der Waals surface area contributed by atoms with Crippen LogP contribution in [-0.4, -0.2) is 19.3 Å². The first-order chi connectivity index (χ1) is 17.1. The van der Waals surface area contributed by atoms with Crippen molar-refractivity contribution in [3.8, 4) is 17.1 Å². The van der Waals surface area contributed by atoms with Gasteiger partial charge in [0.15, 0.2) is 0 Å². The van der Waals surface area contributed by atoms with Gasteiger partial charge in [0.2, 0.25) is 11.7 Å². The predicted octanol–water partition coefficient (Wildman–Crippen LogP) is 4.89. The molecule has 0 aliphatic rings. The molecule has 0 atom stereocenters. The van der Waals surface area contributed by atoms with Gasteiger partial charge in [0, 0.05) is 5.56 Å². The summed E-state index contributed by atoms with van der Waals surface area (Å²) in [6.45, 7) is 3.56. The van der Waals surface area contributed by atoms with Gasteiger partial charge in [0.25, 0.3) is 5.56 Å². The van der Waals surface area contributed by atoms with E-state index in [0.717, 1.165) is 27.8 Å². The van der Waals surface area contributed by atoms with Gasteiger partial charge in [-0.15, -0.1) is 0 Å². The number of nitrogens with zero attached hydrogens (tertiary/aromatic N) is 4. The summed E-state index contributed by atoms with van der Waals surface area (Å²) in [6, 6.07) is 16.6. The number of hydrogen-bond acceptors (Lipinski definition) is 5. The molecule has 0 saturated carbocycles. The third-order valence-corrected chi connectivity index (χ3v) is 5.72. The van der Waals surface area contributed by atoms with Crippen LogP contribution in [0.25, 0.3) is 28.0 Å². The van der Waals surface area contributed by atoms with E-state index < -0.39 is 23.0 Å². The zero-order chi connectivity index (χ0) is 25.6. The third kappa shape index (κ3) is 4.21. The topological polar surface area (TPSA) is 82.9 Å². The number of aromatic nitrogens is 4. The average Bonchev–Trinajstić information content (AvgIpc) is 3.30. The quantitative estimate of drug-likeness (QED) is 0.357. The van der Waals surface area contributed by atoms with Crippen LogP contribution in [0, 0.1) is 13.8 Å². The second-order valence-electron chi connectivity index (χ2n) is 8.46. The molecular formula is C26H19F3N4O3. The zero-order valence-electron chi connectivity index (χ0n) is 19.2. The molecule has 0 saturated heterocycles. The molecule has 0 unspecified atom stereocenters. The monoisotopic (exact) mass is 492 g/mol. The summed E-state index contributed by atoms with van der Waals surface area (Å²) < 4.78 is 47.0. The highest BCUT2D eigenvalue weighted by Crippen LogP contribution is 2.31. The van der Waals surface area contributed by atoms with E-state index in [9.17, 15) is 22.8 Å². The first kappa shape index (κ1) is 23.3. The fraction of sp³-hybridized carbons (Fsp3) is 0.154. The summed E-state index contributed by atoms with van der Waals surface area (Å²) in [4.78, 5) is 31.1. The number of halogens is 3. The molecule has 0 amide bonds. The summed E-state index contributed by atoms with van der Waals surface area (Å²) >= 11 is 0. The zero-order valence-corrected chi connectivity index (χ0v) is 19.2. The number of aryl methyl sites for hydroxylation is 2. The van der Waals surface area contributed by atoms with Crippen molar-refractivity contribution >= 4 is 10.9 Å². The van der Waals surface area contributed by atoms with Crippen molar-refractivity contribution in [1.82, 2.24) is 19.3 Å². The van der Waals surface area contributed by atoms with Crippen molar-refractivity contribution in [3.05, 3.63) is 110 Å². The van der Waals surface area contributed by atoms with Crippen molar-refractivity contribution in [1.29, 1.82) is 0 Å². The summed E-state index contributed by atoms with van der Waals surface area (Å²) in [5.74, 6) is -0.0450. The summed E-state index contributed by atoms with van der Waals surface area (Å²) in [5, 5.41) is 4.11. The maximum atomic E-state index is 13.6. The highest BCUT2D eigenvalue weighted by Gasteiger charge is 2.30. The lowest BCUT2D eigenvalue weighted by Crippen LogP contribution is -2.39. The molecule has 0 aliphatic heterocycles. The Bertz CT molecular complexity index is 1710. The second kappa shape index (κ2) is 8.63. The van der Waals surface area contributed by atoms with E-state index in [0.29, 0.717) is 16.6 Å². The Morgan fingerprint density at radius 1 is 0.917 bits per heavy atom. The minimum Gasteiger partial charge on any atom is -0.337 e. The second-order valence-corrected chi connectivity index (χ2v) is 8.46. The first-order valence-corrected chi connectivity index (χ1v) is 11.0. The van der Waals surface area contributed by atoms with E-state index in [1.54, 1.807) is 36.4 Å². The van der Waals surface area contributed by atoms with Gasteiger partial charge in [-0.3, -0.25) is 9.36 Å². The molecule has 0 N–H and O–H groups in total. The standard InChI is InChI=1S/C26H19F3N4O3/c1-15-10-16(2)12-19(11-15)33-24(34)20-8-3-4-9-21(20)32(25(33)35)14-22-30-23(31-36-22)17-6-5-7-18(13-17)26(27,28)29/h3-13H,14H2,1-2H3. The smallest absolute Gasteiger partial charge is 0.337 e. The highest BCUT2D eigenvalue weighted by atomic mass is 19.4. The minimum absolute atomic E-state index is 0.000265. The van der Waals surface area contributed by atoms with Crippen LogP contribution >= 0.6 is 0 Å².